The molecule has 6 nitrogen and oxygen atoms in total. The predicted molar refractivity (Wildman–Crippen MR) is 103 cm³/mol. The van der Waals surface area contributed by atoms with Gasteiger partial charge in [0, 0.05) is 36.3 Å². The molecule has 1 fully saturated rings. The molecule has 1 saturated heterocycles. The summed E-state index contributed by atoms with van der Waals surface area (Å²) in [4.78, 5) is 25.3. The molecular formula is C18H19Cl2N3O3. The van der Waals surface area contributed by atoms with E-state index in [0.29, 0.717) is 30.2 Å². The van der Waals surface area contributed by atoms with E-state index in [1.165, 1.54) is 6.07 Å². The first kappa shape index (κ1) is 20.2. The zero-order valence-electron chi connectivity index (χ0n) is 13.9. The molecule has 1 aliphatic rings. The van der Waals surface area contributed by atoms with Gasteiger partial charge in [-0.25, -0.2) is 0 Å². The Balaban J connectivity index is 0.00000243. The minimum atomic E-state index is -0.452. The van der Waals surface area contributed by atoms with Gasteiger partial charge in [0.15, 0.2) is 0 Å². The number of nitrogens with one attached hydrogen (secondary N) is 1. The van der Waals surface area contributed by atoms with Crippen molar-refractivity contribution in [1.29, 1.82) is 0 Å². The van der Waals surface area contributed by atoms with Crippen molar-refractivity contribution in [2.24, 2.45) is 0 Å². The van der Waals surface area contributed by atoms with E-state index < -0.39 is 4.92 Å². The smallest absolute Gasteiger partial charge is 0.273 e. The molecule has 3 rings (SSSR count). The molecule has 0 aliphatic carbocycles. The van der Waals surface area contributed by atoms with Crippen LogP contribution in [0.3, 0.4) is 0 Å². The quantitative estimate of drug-likeness (QED) is 0.635. The number of amides is 1. The van der Waals surface area contributed by atoms with Gasteiger partial charge >= 0.3 is 0 Å². The Kier molecular flexibility index (Phi) is 6.97. The number of carbonyl (C=O) groups is 1. The molecule has 1 heterocycles. The number of rotatable bonds is 4. The van der Waals surface area contributed by atoms with Gasteiger partial charge in [-0.05, 0) is 11.6 Å². The molecule has 1 atom stereocenters. The molecule has 1 amide bonds. The highest BCUT2D eigenvalue weighted by molar-refractivity contribution is 6.31. The Bertz CT molecular complexity index is 801. The van der Waals surface area contributed by atoms with Crippen LogP contribution in [0.15, 0.2) is 48.5 Å². The maximum Gasteiger partial charge on any atom is 0.273 e. The molecule has 0 saturated carbocycles. The number of benzene rings is 2. The number of halogens is 2. The molecule has 1 aliphatic heterocycles. The Morgan fingerprint density at radius 3 is 2.65 bits per heavy atom. The summed E-state index contributed by atoms with van der Waals surface area (Å²) < 4.78 is 0. The summed E-state index contributed by atoms with van der Waals surface area (Å²) in [5, 5.41) is 15.1. The van der Waals surface area contributed by atoms with Gasteiger partial charge in [0.1, 0.15) is 0 Å². The average molecular weight is 396 g/mol. The van der Waals surface area contributed by atoms with Crippen molar-refractivity contribution in [2.75, 3.05) is 19.6 Å². The molecule has 2 aromatic carbocycles. The van der Waals surface area contributed by atoms with E-state index in [9.17, 15) is 14.9 Å². The van der Waals surface area contributed by atoms with Crippen LogP contribution in [0.5, 0.6) is 0 Å². The summed E-state index contributed by atoms with van der Waals surface area (Å²) in [5.74, 6) is -0.138. The van der Waals surface area contributed by atoms with Crippen LogP contribution in [-0.4, -0.2) is 35.4 Å². The van der Waals surface area contributed by atoms with E-state index in [1.54, 1.807) is 29.2 Å². The third-order valence-corrected chi connectivity index (χ3v) is 4.70. The summed E-state index contributed by atoms with van der Waals surface area (Å²) >= 11 is 6.30. The van der Waals surface area contributed by atoms with Crippen LogP contribution in [-0.2, 0) is 11.2 Å². The van der Waals surface area contributed by atoms with Gasteiger partial charge < -0.3 is 10.2 Å². The van der Waals surface area contributed by atoms with Crippen molar-refractivity contribution < 1.29 is 9.72 Å². The molecular weight excluding hydrogens is 377 g/mol. The standard InChI is InChI=1S/C18H18ClN3O3.ClH/c19-15-7-3-2-6-14(15)17-12-20-9-10-21(17)18(23)11-13-5-1-4-8-16(13)22(24)25;/h1-8,17,20H,9-12H2;1H. The number of hydrogen-bond acceptors (Lipinski definition) is 4. The van der Waals surface area contributed by atoms with Crippen LogP contribution >= 0.6 is 24.0 Å². The second kappa shape index (κ2) is 8.98. The van der Waals surface area contributed by atoms with Crippen molar-refractivity contribution in [3.05, 3.63) is 74.8 Å². The summed E-state index contributed by atoms with van der Waals surface area (Å²) in [6, 6.07) is 13.6. The second-order valence-corrected chi connectivity index (χ2v) is 6.30. The van der Waals surface area contributed by atoms with Crippen molar-refractivity contribution in [3.8, 4) is 0 Å². The normalized spacial score (nSPS) is 16.7. The molecule has 1 N–H and O–H groups in total. The summed E-state index contributed by atoms with van der Waals surface area (Å²) in [7, 11) is 0. The van der Waals surface area contributed by atoms with E-state index in [-0.39, 0.29) is 36.5 Å². The Hall–Kier alpha value is -2.15. The van der Waals surface area contributed by atoms with E-state index in [2.05, 4.69) is 5.32 Å². The van der Waals surface area contributed by atoms with Crippen molar-refractivity contribution in [2.45, 2.75) is 12.5 Å². The summed E-state index contributed by atoms with van der Waals surface area (Å²) in [6.07, 6.45) is -0.00188. The molecule has 0 radical (unpaired) electrons. The molecule has 26 heavy (non-hydrogen) atoms. The van der Waals surface area contributed by atoms with Crippen molar-refractivity contribution in [3.63, 3.8) is 0 Å². The Morgan fingerprint density at radius 1 is 1.23 bits per heavy atom. The Morgan fingerprint density at radius 2 is 1.92 bits per heavy atom. The number of carbonyl (C=O) groups excluding carboxylic acids is 1. The fourth-order valence-electron chi connectivity index (χ4n) is 3.13. The fraction of sp³-hybridized carbons (Fsp3) is 0.278. The number of nitrogens with zero attached hydrogens (tertiary/aromatic N) is 2. The first-order chi connectivity index (χ1) is 12.1. The monoisotopic (exact) mass is 395 g/mol. The van der Waals surface area contributed by atoms with Gasteiger partial charge in [0.2, 0.25) is 5.91 Å². The maximum atomic E-state index is 12.9. The SMILES string of the molecule is Cl.O=C(Cc1ccccc1[N+](=O)[O-])N1CCNCC1c1ccccc1Cl. The lowest BCUT2D eigenvalue weighted by molar-refractivity contribution is -0.385. The van der Waals surface area contributed by atoms with Gasteiger partial charge in [-0.3, -0.25) is 14.9 Å². The lowest BCUT2D eigenvalue weighted by Crippen LogP contribution is -2.49. The van der Waals surface area contributed by atoms with E-state index >= 15 is 0 Å². The number of nitro groups is 1. The molecule has 8 heteroatoms. The predicted octanol–water partition coefficient (Wildman–Crippen LogP) is 3.39. The lowest BCUT2D eigenvalue weighted by atomic mass is 10.0. The van der Waals surface area contributed by atoms with Gasteiger partial charge in [-0.1, -0.05) is 48.0 Å². The van der Waals surface area contributed by atoms with E-state index in [0.717, 1.165) is 5.56 Å². The van der Waals surface area contributed by atoms with Crippen LogP contribution in [0.2, 0.25) is 5.02 Å². The largest absolute Gasteiger partial charge is 0.333 e. The Labute approximate surface area is 162 Å². The first-order valence-corrected chi connectivity index (χ1v) is 8.42. The first-order valence-electron chi connectivity index (χ1n) is 8.05. The fourth-order valence-corrected chi connectivity index (χ4v) is 3.39. The van der Waals surface area contributed by atoms with Gasteiger partial charge in [-0.15, -0.1) is 12.4 Å². The van der Waals surface area contributed by atoms with Crippen LogP contribution in [0, 0.1) is 10.1 Å². The molecule has 1 unspecified atom stereocenters. The molecule has 138 valence electrons. The van der Waals surface area contributed by atoms with Crippen LogP contribution < -0.4 is 5.32 Å². The third kappa shape index (κ3) is 4.33. The molecule has 0 bridgehead atoms. The third-order valence-electron chi connectivity index (χ3n) is 4.36. The van der Waals surface area contributed by atoms with Crippen LogP contribution in [0.4, 0.5) is 5.69 Å². The highest BCUT2D eigenvalue weighted by Gasteiger charge is 2.30. The van der Waals surface area contributed by atoms with Crippen molar-refractivity contribution >= 4 is 35.6 Å². The second-order valence-electron chi connectivity index (χ2n) is 5.89. The van der Waals surface area contributed by atoms with Crippen molar-refractivity contribution in [1.82, 2.24) is 10.2 Å². The summed E-state index contributed by atoms with van der Waals surface area (Å²) in [6.45, 7) is 1.82. The van der Waals surface area contributed by atoms with E-state index in [1.807, 2.05) is 18.2 Å². The minimum absolute atomic E-state index is 0. The number of hydrogen-bond donors (Lipinski definition) is 1. The minimum Gasteiger partial charge on any atom is -0.333 e. The highest BCUT2D eigenvalue weighted by Crippen LogP contribution is 2.29. The zero-order valence-corrected chi connectivity index (χ0v) is 15.5. The zero-order chi connectivity index (χ0) is 17.8. The number of piperazine rings is 1. The molecule has 0 spiro atoms. The van der Waals surface area contributed by atoms with Gasteiger partial charge in [-0.2, -0.15) is 0 Å². The van der Waals surface area contributed by atoms with E-state index in [4.69, 9.17) is 11.6 Å². The summed E-state index contributed by atoms with van der Waals surface area (Å²) in [5.41, 5.74) is 1.28. The molecule has 0 aromatic heterocycles. The topological polar surface area (TPSA) is 75.5 Å². The lowest BCUT2D eigenvalue weighted by Gasteiger charge is -2.37. The van der Waals surface area contributed by atoms with Gasteiger partial charge in [0.05, 0.1) is 17.4 Å². The number of para-hydroxylation sites is 1. The highest BCUT2D eigenvalue weighted by atomic mass is 35.5. The maximum absolute atomic E-state index is 12.9. The van der Waals surface area contributed by atoms with Gasteiger partial charge in [0.25, 0.3) is 5.69 Å². The van der Waals surface area contributed by atoms with Crippen LogP contribution in [0.25, 0.3) is 0 Å². The van der Waals surface area contributed by atoms with Crippen LogP contribution in [0.1, 0.15) is 17.2 Å². The average Bonchev–Trinajstić information content (AvgIpc) is 2.62. The molecule has 2 aromatic rings. The number of nitro benzene ring substituents is 1.